The van der Waals surface area contributed by atoms with Gasteiger partial charge in [-0.15, -0.1) is 0 Å². The van der Waals surface area contributed by atoms with Crippen LogP contribution in [-0.2, 0) is 6.18 Å². The number of amides is 2. The molecule has 2 aliphatic heterocycles. The quantitative estimate of drug-likeness (QED) is 0.721. The maximum Gasteiger partial charge on any atom is 0.416 e. The van der Waals surface area contributed by atoms with Crippen LogP contribution in [0.2, 0.25) is 0 Å². The minimum Gasteiger partial charge on any atom is -0.338 e. The minimum absolute atomic E-state index is 0.307. The molecule has 2 aromatic rings. The van der Waals surface area contributed by atoms with Gasteiger partial charge in [-0.1, -0.05) is 0 Å². The SMILES string of the molecule is O=C1Nc2ccc(C(F)(F)F)cc2SN1CCCN1CCN(c2ncccn2)CC1. The topological polar surface area (TPSA) is 64.6 Å². The number of nitrogens with one attached hydrogen (secondary N) is 1. The van der Waals surface area contributed by atoms with Crippen molar-refractivity contribution in [2.45, 2.75) is 17.5 Å². The summed E-state index contributed by atoms with van der Waals surface area (Å²) in [6, 6.07) is 4.85. The summed E-state index contributed by atoms with van der Waals surface area (Å²) in [5, 5.41) is 2.67. The van der Waals surface area contributed by atoms with E-state index in [9.17, 15) is 18.0 Å². The molecule has 11 heteroatoms. The predicted molar refractivity (Wildman–Crippen MR) is 108 cm³/mol. The highest BCUT2D eigenvalue weighted by molar-refractivity contribution is 7.97. The summed E-state index contributed by atoms with van der Waals surface area (Å²) in [6.45, 7) is 4.66. The second-order valence-electron chi connectivity index (χ2n) is 7.06. The number of rotatable bonds is 5. The lowest BCUT2D eigenvalue weighted by atomic mass is 10.2. The highest BCUT2D eigenvalue weighted by atomic mass is 32.2. The van der Waals surface area contributed by atoms with Crippen LogP contribution in [0.25, 0.3) is 0 Å². The van der Waals surface area contributed by atoms with E-state index in [4.69, 9.17) is 0 Å². The number of nitrogens with zero attached hydrogens (tertiary/aromatic N) is 5. The molecule has 0 bridgehead atoms. The molecule has 1 saturated heterocycles. The maximum absolute atomic E-state index is 12.9. The highest BCUT2D eigenvalue weighted by Crippen LogP contribution is 2.39. The Morgan fingerprint density at radius 1 is 1.07 bits per heavy atom. The van der Waals surface area contributed by atoms with Crippen LogP contribution in [0.1, 0.15) is 12.0 Å². The van der Waals surface area contributed by atoms with Crippen molar-refractivity contribution in [1.82, 2.24) is 19.2 Å². The number of carbonyl (C=O) groups is 1. The summed E-state index contributed by atoms with van der Waals surface area (Å²) < 4.78 is 40.3. The van der Waals surface area contributed by atoms with E-state index in [0.717, 1.165) is 69.2 Å². The number of aromatic nitrogens is 2. The monoisotopic (exact) mass is 438 g/mol. The summed E-state index contributed by atoms with van der Waals surface area (Å²) in [6.07, 6.45) is -0.219. The first kappa shape index (κ1) is 20.7. The van der Waals surface area contributed by atoms with Gasteiger partial charge in [-0.05, 0) is 42.6 Å². The van der Waals surface area contributed by atoms with Crippen LogP contribution in [0.5, 0.6) is 0 Å². The molecular weight excluding hydrogens is 417 g/mol. The van der Waals surface area contributed by atoms with Crippen molar-refractivity contribution >= 4 is 29.6 Å². The van der Waals surface area contributed by atoms with Crippen LogP contribution in [0.15, 0.2) is 41.6 Å². The Labute approximate surface area is 176 Å². The summed E-state index contributed by atoms with van der Waals surface area (Å²) in [5.74, 6) is 0.732. The van der Waals surface area contributed by atoms with Crippen LogP contribution >= 0.6 is 11.9 Å². The Bertz CT molecular complexity index is 890. The number of fused-ring (bicyclic) bond motifs is 1. The Morgan fingerprint density at radius 2 is 1.80 bits per heavy atom. The van der Waals surface area contributed by atoms with Crippen molar-refractivity contribution in [3.63, 3.8) is 0 Å². The zero-order valence-electron chi connectivity index (χ0n) is 16.1. The van der Waals surface area contributed by atoms with Gasteiger partial charge in [0.05, 0.1) is 16.1 Å². The molecule has 0 radical (unpaired) electrons. The van der Waals surface area contributed by atoms with E-state index in [2.05, 4.69) is 25.1 Å². The second kappa shape index (κ2) is 8.68. The Morgan fingerprint density at radius 3 is 2.50 bits per heavy atom. The molecule has 1 N–H and O–H groups in total. The molecule has 0 aliphatic carbocycles. The van der Waals surface area contributed by atoms with Crippen molar-refractivity contribution in [3.8, 4) is 0 Å². The number of halogens is 3. The lowest BCUT2D eigenvalue weighted by molar-refractivity contribution is -0.137. The summed E-state index contributed by atoms with van der Waals surface area (Å²) in [7, 11) is 0. The zero-order chi connectivity index (χ0) is 21.1. The van der Waals surface area contributed by atoms with Crippen molar-refractivity contribution in [2.75, 3.05) is 49.5 Å². The number of hydrogen-bond acceptors (Lipinski definition) is 6. The third-order valence-corrected chi connectivity index (χ3v) is 6.13. The molecule has 2 aliphatic rings. The minimum atomic E-state index is -4.41. The van der Waals surface area contributed by atoms with Gasteiger partial charge < -0.3 is 10.2 Å². The van der Waals surface area contributed by atoms with Crippen molar-refractivity contribution in [1.29, 1.82) is 0 Å². The van der Waals surface area contributed by atoms with Crippen LogP contribution in [0.3, 0.4) is 0 Å². The molecule has 1 aromatic heterocycles. The van der Waals surface area contributed by atoms with E-state index in [1.807, 2.05) is 0 Å². The van der Waals surface area contributed by atoms with Gasteiger partial charge in [0.2, 0.25) is 5.95 Å². The first-order valence-electron chi connectivity index (χ1n) is 9.62. The first-order valence-corrected chi connectivity index (χ1v) is 10.4. The van der Waals surface area contributed by atoms with Gasteiger partial charge in [0.1, 0.15) is 0 Å². The Hall–Kier alpha value is -2.53. The molecule has 30 heavy (non-hydrogen) atoms. The third kappa shape index (κ3) is 4.78. The van der Waals surface area contributed by atoms with Crippen molar-refractivity contribution < 1.29 is 18.0 Å². The summed E-state index contributed by atoms with van der Waals surface area (Å²) in [4.78, 5) is 25.6. The summed E-state index contributed by atoms with van der Waals surface area (Å²) in [5.41, 5.74) is -0.307. The van der Waals surface area contributed by atoms with Crippen LogP contribution < -0.4 is 10.2 Å². The number of urea groups is 1. The first-order chi connectivity index (χ1) is 14.4. The molecule has 1 fully saturated rings. The fraction of sp³-hybridized carbons (Fsp3) is 0.421. The molecule has 4 rings (SSSR count). The van der Waals surface area contributed by atoms with E-state index in [1.165, 1.54) is 10.4 Å². The smallest absolute Gasteiger partial charge is 0.338 e. The van der Waals surface area contributed by atoms with Gasteiger partial charge in [0, 0.05) is 51.7 Å². The highest BCUT2D eigenvalue weighted by Gasteiger charge is 2.33. The number of anilines is 2. The van der Waals surface area contributed by atoms with E-state index in [1.54, 1.807) is 18.5 Å². The number of carbonyl (C=O) groups excluding carboxylic acids is 1. The average Bonchev–Trinajstić information content (AvgIpc) is 2.74. The third-order valence-electron chi connectivity index (χ3n) is 5.03. The zero-order valence-corrected chi connectivity index (χ0v) is 16.9. The molecule has 2 amide bonds. The van der Waals surface area contributed by atoms with Crippen molar-refractivity contribution in [3.05, 3.63) is 42.2 Å². The molecule has 3 heterocycles. The molecule has 7 nitrogen and oxygen atoms in total. The Kier molecular flexibility index (Phi) is 6.00. The normalized spacial score (nSPS) is 17.6. The number of piperazine rings is 1. The molecule has 1 aromatic carbocycles. The van der Waals surface area contributed by atoms with Crippen LogP contribution in [-0.4, -0.2) is 64.5 Å². The number of alkyl halides is 3. The molecule has 0 spiro atoms. The molecule has 0 atom stereocenters. The van der Waals surface area contributed by atoms with E-state index >= 15 is 0 Å². The van der Waals surface area contributed by atoms with Gasteiger partial charge >= 0.3 is 12.2 Å². The predicted octanol–water partition coefficient (Wildman–Crippen LogP) is 3.56. The van der Waals surface area contributed by atoms with Crippen molar-refractivity contribution in [2.24, 2.45) is 0 Å². The molecule has 0 saturated carbocycles. The van der Waals surface area contributed by atoms with E-state index in [-0.39, 0.29) is 6.03 Å². The average molecular weight is 438 g/mol. The molecule has 0 unspecified atom stereocenters. The van der Waals surface area contributed by atoms with Gasteiger partial charge in [-0.3, -0.25) is 9.21 Å². The fourth-order valence-corrected chi connectivity index (χ4v) is 4.41. The number of benzene rings is 1. The number of hydrogen-bond donors (Lipinski definition) is 1. The van der Waals surface area contributed by atoms with Gasteiger partial charge in [-0.2, -0.15) is 13.2 Å². The summed E-state index contributed by atoms with van der Waals surface area (Å²) >= 11 is 1.06. The fourth-order valence-electron chi connectivity index (χ4n) is 3.43. The Balaban J connectivity index is 1.26. The molecule has 160 valence electrons. The van der Waals surface area contributed by atoms with Gasteiger partial charge in [-0.25, -0.2) is 14.8 Å². The van der Waals surface area contributed by atoms with Crippen LogP contribution in [0.4, 0.5) is 29.6 Å². The standard InChI is InChI=1S/C19H21F3N6OS/c20-19(21,22)14-3-4-15-16(13-14)30-28(18(29)25-15)8-2-7-26-9-11-27(12-10-26)17-23-5-1-6-24-17/h1,3-6,13H,2,7-12H2,(H,25,29). The van der Waals surface area contributed by atoms with Crippen LogP contribution in [0, 0.1) is 0 Å². The van der Waals surface area contributed by atoms with Gasteiger partial charge in [0.15, 0.2) is 0 Å². The lowest BCUT2D eigenvalue weighted by Gasteiger charge is -2.35. The lowest BCUT2D eigenvalue weighted by Crippen LogP contribution is -2.47. The largest absolute Gasteiger partial charge is 0.416 e. The maximum atomic E-state index is 12.9. The van der Waals surface area contributed by atoms with E-state index in [0.29, 0.717) is 17.1 Å². The van der Waals surface area contributed by atoms with E-state index < -0.39 is 11.7 Å². The van der Waals surface area contributed by atoms with Gasteiger partial charge in [0.25, 0.3) is 0 Å². The molecular formula is C19H21F3N6OS. The second-order valence-corrected chi connectivity index (χ2v) is 8.13.